The second-order valence-electron chi connectivity index (χ2n) is 11.5. The smallest absolute Gasteiger partial charge is 0.414 e. The Morgan fingerprint density at radius 2 is 1.76 bits per heavy atom. The van der Waals surface area contributed by atoms with Crippen LogP contribution >= 0.6 is 0 Å². The van der Waals surface area contributed by atoms with Gasteiger partial charge in [0.2, 0.25) is 5.95 Å². The van der Waals surface area contributed by atoms with Crippen LogP contribution in [0.2, 0.25) is 0 Å². The van der Waals surface area contributed by atoms with Gasteiger partial charge in [0.25, 0.3) is 0 Å². The minimum atomic E-state index is -0.651. The maximum atomic E-state index is 13.1. The molecule has 1 aliphatic rings. The molecular weight excluding hydrogens is 570 g/mol. The van der Waals surface area contributed by atoms with Crippen LogP contribution < -0.4 is 20.7 Å². The number of hydrogen-bond acceptors (Lipinski definition) is 9. The van der Waals surface area contributed by atoms with Crippen LogP contribution in [0.3, 0.4) is 0 Å². The molecule has 234 valence electrons. The van der Waals surface area contributed by atoms with Crippen molar-refractivity contribution in [1.29, 1.82) is 0 Å². The molecule has 45 heavy (non-hydrogen) atoms. The van der Waals surface area contributed by atoms with Gasteiger partial charge in [-0.1, -0.05) is 30.4 Å². The number of anilines is 4. The summed E-state index contributed by atoms with van der Waals surface area (Å²) < 4.78 is 23.7. The first-order chi connectivity index (χ1) is 21.7. The number of fused-ring (bicyclic) bond motifs is 7. The van der Waals surface area contributed by atoms with Crippen LogP contribution in [-0.2, 0) is 27.4 Å². The monoisotopic (exact) mass is 609 g/mol. The molecule has 0 unspecified atom stereocenters. The lowest BCUT2D eigenvalue weighted by molar-refractivity contribution is 0.0575. The predicted octanol–water partition coefficient (Wildman–Crippen LogP) is 6.89. The normalized spacial score (nSPS) is 14.3. The van der Waals surface area contributed by atoms with E-state index in [1.165, 1.54) is 0 Å². The third-order valence-electron chi connectivity index (χ3n) is 6.71. The van der Waals surface area contributed by atoms with Crippen LogP contribution in [0.15, 0.2) is 91.1 Å². The van der Waals surface area contributed by atoms with Crippen molar-refractivity contribution in [2.45, 2.75) is 39.6 Å². The molecule has 6 bridgehead atoms. The lowest BCUT2D eigenvalue weighted by Crippen LogP contribution is -2.39. The van der Waals surface area contributed by atoms with E-state index in [2.05, 4.69) is 16.4 Å². The number of carbonyl (C=O) groups is 1. The Balaban J connectivity index is 1.35. The summed E-state index contributed by atoms with van der Waals surface area (Å²) in [6.07, 6.45) is 5.15. The van der Waals surface area contributed by atoms with Crippen LogP contribution in [0, 0.1) is 0 Å². The molecular formula is C35H39N5O5. The van der Waals surface area contributed by atoms with Crippen LogP contribution in [0.1, 0.15) is 31.9 Å². The van der Waals surface area contributed by atoms with E-state index in [1.54, 1.807) is 35.4 Å². The van der Waals surface area contributed by atoms with Crippen molar-refractivity contribution in [3.8, 4) is 17.0 Å². The predicted molar refractivity (Wildman–Crippen MR) is 176 cm³/mol. The highest BCUT2D eigenvalue weighted by atomic mass is 16.6. The highest BCUT2D eigenvalue weighted by molar-refractivity contribution is 5.88. The van der Waals surface area contributed by atoms with E-state index >= 15 is 0 Å². The molecule has 0 aliphatic carbocycles. The van der Waals surface area contributed by atoms with Gasteiger partial charge in [0.05, 0.1) is 38.7 Å². The molecule has 0 spiro atoms. The van der Waals surface area contributed by atoms with Gasteiger partial charge >= 0.3 is 6.09 Å². The number of rotatable bonds is 5. The second kappa shape index (κ2) is 14.7. The number of carbonyl (C=O) groups excluding carboxylic acids is 1. The number of nitrogen functional groups attached to an aromatic ring is 1. The van der Waals surface area contributed by atoms with Crippen molar-refractivity contribution in [2.75, 3.05) is 42.3 Å². The molecule has 5 rings (SSSR count). The Morgan fingerprint density at radius 3 is 2.53 bits per heavy atom. The number of nitrogens with zero attached hydrogens (tertiary/aromatic N) is 3. The molecule has 0 saturated carbocycles. The first-order valence-electron chi connectivity index (χ1n) is 14.9. The minimum Gasteiger partial charge on any atom is -0.491 e. The summed E-state index contributed by atoms with van der Waals surface area (Å²) in [6, 6.07) is 22.8. The van der Waals surface area contributed by atoms with Gasteiger partial charge in [0, 0.05) is 34.4 Å². The SMILES string of the molecule is CC(C)(C)OC(=O)N(CCOc1ccc2cc1COC/C=C/COCc1cccc(c1)-c1ccnc(n1)N2)c1ccc(N)cc1. The highest BCUT2D eigenvalue weighted by Gasteiger charge is 2.23. The third-order valence-corrected chi connectivity index (χ3v) is 6.71. The number of ether oxygens (including phenoxy) is 4. The molecule has 3 N–H and O–H groups in total. The van der Waals surface area contributed by atoms with Gasteiger partial charge in [-0.3, -0.25) is 4.90 Å². The Morgan fingerprint density at radius 1 is 0.978 bits per heavy atom. The molecule has 10 heteroatoms. The molecule has 10 nitrogen and oxygen atoms in total. The summed E-state index contributed by atoms with van der Waals surface area (Å²) in [4.78, 5) is 23.8. The Labute approximate surface area is 263 Å². The van der Waals surface area contributed by atoms with E-state index in [0.717, 1.165) is 28.1 Å². The summed E-state index contributed by atoms with van der Waals surface area (Å²) in [5.41, 5.74) is 10.9. The fourth-order valence-corrected chi connectivity index (χ4v) is 4.60. The van der Waals surface area contributed by atoms with Crippen molar-refractivity contribution >= 4 is 29.1 Å². The average molecular weight is 610 g/mol. The zero-order valence-corrected chi connectivity index (χ0v) is 25.9. The van der Waals surface area contributed by atoms with Crippen molar-refractivity contribution in [3.05, 3.63) is 102 Å². The highest BCUT2D eigenvalue weighted by Crippen LogP contribution is 2.27. The number of benzene rings is 3. The maximum Gasteiger partial charge on any atom is 0.414 e. The minimum absolute atomic E-state index is 0.213. The summed E-state index contributed by atoms with van der Waals surface area (Å²) in [5.74, 6) is 1.10. The zero-order chi connectivity index (χ0) is 31.6. The summed E-state index contributed by atoms with van der Waals surface area (Å²) in [6.45, 7) is 7.64. The van der Waals surface area contributed by atoms with Crippen molar-refractivity contribution in [3.63, 3.8) is 0 Å². The molecule has 3 aromatic carbocycles. The van der Waals surface area contributed by atoms with Crippen molar-refractivity contribution in [2.24, 2.45) is 0 Å². The van der Waals surface area contributed by atoms with Crippen molar-refractivity contribution in [1.82, 2.24) is 9.97 Å². The molecule has 1 aliphatic heterocycles. The quantitative estimate of drug-likeness (QED) is 0.184. The van der Waals surface area contributed by atoms with Crippen LogP contribution in [-0.4, -0.2) is 48.0 Å². The fraction of sp³-hybridized carbons (Fsp3) is 0.286. The van der Waals surface area contributed by atoms with E-state index in [4.69, 9.17) is 29.7 Å². The second-order valence-corrected chi connectivity index (χ2v) is 11.5. The summed E-state index contributed by atoms with van der Waals surface area (Å²) in [5, 5.41) is 3.31. The molecule has 0 fully saturated rings. The van der Waals surface area contributed by atoms with Gasteiger partial charge in [0.1, 0.15) is 18.0 Å². The third kappa shape index (κ3) is 9.28. The van der Waals surface area contributed by atoms with E-state index in [9.17, 15) is 4.79 Å². The van der Waals surface area contributed by atoms with Gasteiger partial charge in [-0.25, -0.2) is 14.8 Å². The molecule has 4 aromatic rings. The average Bonchev–Trinajstić information content (AvgIpc) is 3.01. The lowest BCUT2D eigenvalue weighted by Gasteiger charge is -2.27. The number of nitrogens with two attached hydrogens (primary N) is 1. The number of nitrogens with one attached hydrogen (secondary N) is 1. The summed E-state index contributed by atoms with van der Waals surface area (Å²) in [7, 11) is 0. The Hall–Kier alpha value is -4.93. The Bertz CT molecular complexity index is 1620. The lowest BCUT2D eigenvalue weighted by atomic mass is 10.1. The van der Waals surface area contributed by atoms with Gasteiger partial charge < -0.3 is 30.0 Å². The number of aromatic nitrogens is 2. The van der Waals surface area contributed by atoms with E-state index in [1.807, 2.05) is 75.4 Å². The van der Waals surface area contributed by atoms with Crippen LogP contribution in [0.5, 0.6) is 5.75 Å². The zero-order valence-electron chi connectivity index (χ0n) is 25.9. The topological polar surface area (TPSA) is 121 Å². The standard InChI is InChI=1S/C35H39N5O5/c1-35(2,3)45-34(41)40(30-12-9-28(36)10-13-30)17-20-44-32-14-11-29-22-27(32)24-43-19-5-4-18-42-23-25-7-6-8-26(21-25)31-15-16-37-33(38-29)39-31/h4-16,21-22H,17-20,23-24,36H2,1-3H3,(H,37,38,39)/b5-4+. The molecule has 0 saturated heterocycles. The number of hydrogen-bond donors (Lipinski definition) is 2. The van der Waals surface area contributed by atoms with Crippen LogP contribution in [0.25, 0.3) is 11.3 Å². The molecule has 1 amide bonds. The maximum absolute atomic E-state index is 13.1. The molecule has 0 radical (unpaired) electrons. The van der Waals surface area contributed by atoms with Gasteiger partial charge in [0.15, 0.2) is 0 Å². The van der Waals surface area contributed by atoms with Crippen LogP contribution in [0.4, 0.5) is 27.8 Å². The van der Waals surface area contributed by atoms with E-state index in [0.29, 0.717) is 49.5 Å². The van der Waals surface area contributed by atoms with E-state index < -0.39 is 11.7 Å². The number of amides is 1. The van der Waals surface area contributed by atoms with Gasteiger partial charge in [-0.05, 0) is 80.9 Å². The fourth-order valence-electron chi connectivity index (χ4n) is 4.60. The molecule has 1 aromatic heterocycles. The first-order valence-corrected chi connectivity index (χ1v) is 14.9. The van der Waals surface area contributed by atoms with Gasteiger partial charge in [-0.15, -0.1) is 0 Å². The Kier molecular flexibility index (Phi) is 10.3. The first kappa shape index (κ1) is 31.5. The van der Waals surface area contributed by atoms with E-state index in [-0.39, 0.29) is 13.2 Å². The summed E-state index contributed by atoms with van der Waals surface area (Å²) >= 11 is 0. The molecule has 2 heterocycles. The molecule has 0 atom stereocenters. The van der Waals surface area contributed by atoms with Gasteiger partial charge in [-0.2, -0.15) is 0 Å². The van der Waals surface area contributed by atoms with Crippen molar-refractivity contribution < 1.29 is 23.7 Å². The largest absolute Gasteiger partial charge is 0.491 e.